The topological polar surface area (TPSA) is 38.8 Å². The third-order valence-electron chi connectivity index (χ3n) is 2.83. The van der Waals surface area contributed by atoms with Gasteiger partial charge in [0.05, 0.1) is 12.2 Å². The van der Waals surface area contributed by atoms with Crippen molar-refractivity contribution < 1.29 is 14.3 Å². The zero-order valence-corrected chi connectivity index (χ0v) is 12.4. The Morgan fingerprint density at radius 1 is 1.06 bits per heavy atom. The molecule has 1 amide bonds. The maximum atomic E-state index is 12.0. The molecule has 0 aromatic carbocycles. The molecule has 1 aliphatic heterocycles. The van der Waals surface area contributed by atoms with E-state index in [0.717, 1.165) is 25.9 Å². The van der Waals surface area contributed by atoms with E-state index in [2.05, 4.69) is 0 Å². The fourth-order valence-electron chi connectivity index (χ4n) is 1.80. The minimum Gasteiger partial charge on any atom is -0.441 e. The van der Waals surface area contributed by atoms with Gasteiger partial charge in [0.15, 0.2) is 0 Å². The van der Waals surface area contributed by atoms with Crippen LogP contribution in [0.15, 0.2) is 0 Å². The van der Waals surface area contributed by atoms with E-state index in [0.29, 0.717) is 6.61 Å². The van der Waals surface area contributed by atoms with Gasteiger partial charge in [-0.3, -0.25) is 0 Å². The third kappa shape index (κ3) is 5.71. The highest BCUT2D eigenvalue weighted by Gasteiger charge is 2.29. The molecule has 4 heteroatoms. The minimum atomic E-state index is -0.582. The highest BCUT2D eigenvalue weighted by molar-refractivity contribution is 5.68. The normalized spacial score (nSPS) is 17.7. The maximum absolute atomic E-state index is 12.0. The molecule has 1 rings (SSSR count). The highest BCUT2D eigenvalue weighted by atomic mass is 16.6. The summed E-state index contributed by atoms with van der Waals surface area (Å²) in [5, 5.41) is 0. The maximum Gasteiger partial charge on any atom is 0.410 e. The summed E-state index contributed by atoms with van der Waals surface area (Å²) in [6, 6.07) is 0. The van der Waals surface area contributed by atoms with Crippen LogP contribution in [-0.2, 0) is 9.47 Å². The van der Waals surface area contributed by atoms with Gasteiger partial charge in [-0.05, 0) is 53.9 Å². The second kappa shape index (κ2) is 5.91. The monoisotopic (exact) mass is 257 g/mol. The molecular weight excluding hydrogens is 230 g/mol. The molecule has 0 radical (unpaired) electrons. The average molecular weight is 257 g/mol. The number of rotatable bonds is 3. The molecule has 106 valence electrons. The lowest BCUT2D eigenvalue weighted by atomic mass is 10.1. The Balaban J connectivity index is 2.41. The number of hydrogen-bond acceptors (Lipinski definition) is 3. The van der Waals surface area contributed by atoms with Crippen molar-refractivity contribution in [2.45, 2.75) is 65.1 Å². The lowest BCUT2D eigenvalue weighted by Crippen LogP contribution is -2.43. The van der Waals surface area contributed by atoms with E-state index in [1.165, 1.54) is 6.42 Å². The predicted molar refractivity (Wildman–Crippen MR) is 71.7 cm³/mol. The minimum absolute atomic E-state index is 0.211. The van der Waals surface area contributed by atoms with Gasteiger partial charge in [-0.2, -0.15) is 0 Å². The number of carbonyl (C=O) groups excluding carboxylic acids is 1. The fraction of sp³-hybridized carbons (Fsp3) is 0.929. The zero-order chi connectivity index (χ0) is 13.8. The molecule has 1 heterocycles. The number of nitrogens with zero attached hydrogens (tertiary/aromatic N) is 1. The molecule has 0 atom stereocenters. The van der Waals surface area contributed by atoms with E-state index in [1.54, 1.807) is 4.90 Å². The van der Waals surface area contributed by atoms with Crippen LogP contribution in [0.4, 0.5) is 4.79 Å². The lowest BCUT2D eigenvalue weighted by Gasteiger charge is -2.33. The zero-order valence-electron chi connectivity index (χ0n) is 12.4. The largest absolute Gasteiger partial charge is 0.441 e. The summed E-state index contributed by atoms with van der Waals surface area (Å²) < 4.78 is 11.2. The summed E-state index contributed by atoms with van der Waals surface area (Å²) in [7, 11) is 0. The molecule has 0 saturated carbocycles. The van der Waals surface area contributed by atoms with E-state index in [1.807, 2.05) is 34.6 Å². The molecule has 0 aromatic rings. The molecule has 4 nitrogen and oxygen atoms in total. The van der Waals surface area contributed by atoms with Gasteiger partial charge >= 0.3 is 6.09 Å². The van der Waals surface area contributed by atoms with Crippen molar-refractivity contribution >= 4 is 6.09 Å². The summed E-state index contributed by atoms with van der Waals surface area (Å²) in [5.41, 5.74) is -0.795. The van der Waals surface area contributed by atoms with Gasteiger partial charge < -0.3 is 14.4 Å². The Morgan fingerprint density at radius 2 is 1.61 bits per heavy atom. The quantitative estimate of drug-likeness (QED) is 0.779. The first-order chi connectivity index (χ1) is 8.20. The first kappa shape index (κ1) is 15.3. The molecular formula is C14H27NO3. The number of ether oxygens (including phenoxy) is 2. The molecule has 0 aromatic heterocycles. The van der Waals surface area contributed by atoms with Gasteiger partial charge in [-0.25, -0.2) is 4.79 Å². The summed E-state index contributed by atoms with van der Waals surface area (Å²) in [4.78, 5) is 13.8. The van der Waals surface area contributed by atoms with Crippen LogP contribution in [0.1, 0.15) is 53.9 Å². The highest BCUT2D eigenvalue weighted by Crippen LogP contribution is 2.18. The molecule has 0 bridgehead atoms. The molecule has 0 unspecified atom stereocenters. The van der Waals surface area contributed by atoms with Crippen molar-refractivity contribution in [3.8, 4) is 0 Å². The summed E-state index contributed by atoms with van der Waals surface area (Å²) in [6.07, 6.45) is 3.15. The second-order valence-electron chi connectivity index (χ2n) is 6.58. The van der Waals surface area contributed by atoms with Gasteiger partial charge in [0.25, 0.3) is 0 Å². The van der Waals surface area contributed by atoms with E-state index >= 15 is 0 Å². The van der Waals surface area contributed by atoms with Crippen molar-refractivity contribution in [2.75, 3.05) is 19.7 Å². The van der Waals surface area contributed by atoms with Gasteiger partial charge in [0.1, 0.15) is 5.60 Å². The Kier molecular flexibility index (Phi) is 5.02. The molecule has 1 saturated heterocycles. The van der Waals surface area contributed by atoms with Crippen LogP contribution in [0.3, 0.4) is 0 Å². The Bertz CT molecular complexity index is 275. The molecule has 1 aliphatic rings. The number of amides is 1. The lowest BCUT2D eigenvalue weighted by molar-refractivity contribution is -0.0929. The Hall–Kier alpha value is -0.770. The number of hydrogen-bond donors (Lipinski definition) is 0. The first-order valence-electron chi connectivity index (χ1n) is 6.81. The van der Waals surface area contributed by atoms with Crippen LogP contribution in [0.25, 0.3) is 0 Å². The van der Waals surface area contributed by atoms with Crippen LogP contribution >= 0.6 is 0 Å². The van der Waals surface area contributed by atoms with Gasteiger partial charge in [-0.15, -0.1) is 0 Å². The van der Waals surface area contributed by atoms with Crippen molar-refractivity contribution in [2.24, 2.45) is 0 Å². The van der Waals surface area contributed by atoms with Crippen LogP contribution in [-0.4, -0.2) is 41.9 Å². The third-order valence-corrected chi connectivity index (χ3v) is 2.83. The molecule has 0 spiro atoms. The fourth-order valence-corrected chi connectivity index (χ4v) is 1.80. The van der Waals surface area contributed by atoms with Crippen LogP contribution in [0.2, 0.25) is 0 Å². The molecule has 18 heavy (non-hydrogen) atoms. The number of piperidine rings is 1. The van der Waals surface area contributed by atoms with Crippen LogP contribution < -0.4 is 0 Å². The average Bonchev–Trinajstić information content (AvgIpc) is 2.26. The van der Waals surface area contributed by atoms with Gasteiger partial charge in [0, 0.05) is 13.1 Å². The standard InChI is InChI=1S/C14H27NO3/c1-13(2,3)17-11-14(4,5)18-12(16)15-9-7-6-8-10-15/h6-11H2,1-5H3. The van der Waals surface area contributed by atoms with Gasteiger partial charge in [0.2, 0.25) is 0 Å². The number of carbonyl (C=O) groups is 1. The smallest absolute Gasteiger partial charge is 0.410 e. The molecule has 0 N–H and O–H groups in total. The van der Waals surface area contributed by atoms with Crippen LogP contribution in [0.5, 0.6) is 0 Å². The molecule has 0 aliphatic carbocycles. The predicted octanol–water partition coefficient (Wildman–Crippen LogP) is 3.20. The second-order valence-corrected chi connectivity index (χ2v) is 6.58. The number of likely N-dealkylation sites (tertiary alicyclic amines) is 1. The first-order valence-corrected chi connectivity index (χ1v) is 6.81. The van der Waals surface area contributed by atoms with Crippen molar-refractivity contribution in [1.82, 2.24) is 4.90 Å². The SMILES string of the molecule is CC(C)(C)OCC(C)(C)OC(=O)N1CCCCC1. The summed E-state index contributed by atoms with van der Waals surface area (Å²) in [6.45, 7) is 11.8. The Labute approximate surface area is 111 Å². The molecule has 1 fully saturated rings. The van der Waals surface area contributed by atoms with Crippen molar-refractivity contribution in [3.63, 3.8) is 0 Å². The Morgan fingerprint density at radius 3 is 2.11 bits per heavy atom. The van der Waals surface area contributed by atoms with Crippen molar-refractivity contribution in [1.29, 1.82) is 0 Å². The van der Waals surface area contributed by atoms with Crippen molar-refractivity contribution in [3.05, 3.63) is 0 Å². The van der Waals surface area contributed by atoms with E-state index in [4.69, 9.17) is 9.47 Å². The van der Waals surface area contributed by atoms with E-state index < -0.39 is 5.60 Å². The van der Waals surface area contributed by atoms with E-state index in [-0.39, 0.29) is 11.7 Å². The summed E-state index contributed by atoms with van der Waals surface area (Å²) >= 11 is 0. The summed E-state index contributed by atoms with van der Waals surface area (Å²) in [5.74, 6) is 0. The van der Waals surface area contributed by atoms with Gasteiger partial charge in [-0.1, -0.05) is 0 Å². The van der Waals surface area contributed by atoms with Crippen LogP contribution in [0, 0.1) is 0 Å². The van der Waals surface area contributed by atoms with E-state index in [9.17, 15) is 4.79 Å².